The van der Waals surface area contributed by atoms with E-state index in [-0.39, 0.29) is 0 Å². The van der Waals surface area contributed by atoms with Gasteiger partial charge in [0.15, 0.2) is 0 Å². The van der Waals surface area contributed by atoms with Gasteiger partial charge in [-0.1, -0.05) is 18.2 Å². The van der Waals surface area contributed by atoms with Crippen LogP contribution in [0.15, 0.2) is 35.5 Å². The lowest BCUT2D eigenvalue weighted by atomic mass is 10.2. The van der Waals surface area contributed by atoms with Crippen LogP contribution in [-0.2, 0) is 0 Å². The van der Waals surface area contributed by atoms with Crippen molar-refractivity contribution < 1.29 is 0 Å². The molecule has 70 valence electrons. The van der Waals surface area contributed by atoms with E-state index >= 15 is 0 Å². The van der Waals surface area contributed by atoms with Crippen molar-refractivity contribution in [2.24, 2.45) is 0 Å². The second-order valence-electron chi connectivity index (χ2n) is 2.79. The maximum absolute atomic E-state index is 8.64. The highest BCUT2D eigenvalue weighted by atomic mass is 32.1. The predicted molar refractivity (Wildman–Crippen MR) is 60.7 cm³/mol. The molecule has 0 aromatic carbocycles. The van der Waals surface area contributed by atoms with Crippen molar-refractivity contribution in [1.82, 2.24) is 4.98 Å². The monoisotopic (exact) mass is 202 g/mol. The summed E-state index contributed by atoms with van der Waals surface area (Å²) in [5.41, 5.74) is 1.48. The number of allylic oxidation sites excluding steroid dienone is 3. The van der Waals surface area contributed by atoms with E-state index in [1.165, 1.54) is 6.20 Å². The molecule has 1 aromatic rings. The Kier molecular flexibility index (Phi) is 3.96. The summed E-state index contributed by atoms with van der Waals surface area (Å²) in [5, 5.41) is 8.64. The summed E-state index contributed by atoms with van der Waals surface area (Å²) in [6, 6.07) is 3.82. The van der Waals surface area contributed by atoms with Crippen LogP contribution >= 0.6 is 12.6 Å². The molecule has 1 aromatic heterocycles. The number of thiol groups is 1. The lowest BCUT2D eigenvalue weighted by Gasteiger charge is -1.91. The Morgan fingerprint density at radius 1 is 1.57 bits per heavy atom. The zero-order valence-electron chi connectivity index (χ0n) is 7.81. The number of pyridine rings is 1. The molecule has 0 spiro atoms. The average molecular weight is 202 g/mol. The van der Waals surface area contributed by atoms with Crippen molar-refractivity contribution in [3.05, 3.63) is 46.6 Å². The largest absolute Gasteiger partial charge is 0.263 e. The van der Waals surface area contributed by atoms with Crippen LogP contribution in [0.4, 0.5) is 0 Å². The van der Waals surface area contributed by atoms with Crippen LogP contribution in [0, 0.1) is 11.3 Å². The van der Waals surface area contributed by atoms with Crippen LogP contribution in [0.1, 0.15) is 18.1 Å². The second kappa shape index (κ2) is 5.25. The first-order valence-corrected chi connectivity index (χ1v) is 4.56. The van der Waals surface area contributed by atoms with Crippen molar-refractivity contribution in [2.45, 2.75) is 6.92 Å². The quantitative estimate of drug-likeness (QED) is 0.591. The van der Waals surface area contributed by atoms with Crippen molar-refractivity contribution in [3.8, 4) is 6.07 Å². The van der Waals surface area contributed by atoms with Gasteiger partial charge in [0.05, 0.1) is 5.56 Å². The number of hydrogen-bond acceptors (Lipinski definition) is 3. The van der Waals surface area contributed by atoms with Gasteiger partial charge in [-0.05, 0) is 23.5 Å². The number of nitrogens with zero attached hydrogens (tertiary/aromatic N) is 2. The Labute approximate surface area is 89.0 Å². The minimum atomic E-state index is 0.568. The van der Waals surface area contributed by atoms with Crippen LogP contribution in [0.3, 0.4) is 0 Å². The molecule has 0 unspecified atom stereocenters. The van der Waals surface area contributed by atoms with Gasteiger partial charge in [0.25, 0.3) is 0 Å². The molecular formula is C11H10N2S. The molecule has 0 saturated heterocycles. The Morgan fingerprint density at radius 3 is 3.00 bits per heavy atom. The highest BCUT2D eigenvalue weighted by molar-refractivity contribution is 7.84. The van der Waals surface area contributed by atoms with E-state index in [4.69, 9.17) is 5.26 Å². The van der Waals surface area contributed by atoms with Crippen LogP contribution in [0.5, 0.6) is 0 Å². The molecule has 0 radical (unpaired) electrons. The summed E-state index contributed by atoms with van der Waals surface area (Å²) in [6.07, 6.45) is 8.88. The van der Waals surface area contributed by atoms with Gasteiger partial charge >= 0.3 is 0 Å². The van der Waals surface area contributed by atoms with Gasteiger partial charge in [0, 0.05) is 12.4 Å². The first-order chi connectivity index (χ1) is 6.72. The molecule has 2 nitrogen and oxygen atoms in total. The Bertz CT molecular complexity index is 410. The first-order valence-electron chi connectivity index (χ1n) is 4.11. The van der Waals surface area contributed by atoms with E-state index in [1.807, 2.05) is 31.2 Å². The molecule has 0 aliphatic carbocycles. The zero-order chi connectivity index (χ0) is 10.4. The lowest BCUT2D eigenvalue weighted by molar-refractivity contribution is 1.29. The van der Waals surface area contributed by atoms with E-state index in [2.05, 4.69) is 17.6 Å². The standard InChI is InChI=1S/C11H10N2S/c1-9(14)3-2-4-10-5-11(6-12)8-13-7-10/h2-5,7-8,14H,1H3/b4-2+,9-3-. The van der Waals surface area contributed by atoms with Gasteiger partial charge in [-0.25, -0.2) is 0 Å². The van der Waals surface area contributed by atoms with Gasteiger partial charge < -0.3 is 0 Å². The third-order valence-corrected chi connectivity index (χ3v) is 1.66. The maximum Gasteiger partial charge on any atom is 0.101 e. The molecule has 0 aliphatic heterocycles. The molecule has 0 bridgehead atoms. The fraction of sp³-hybridized carbons (Fsp3) is 0.0909. The van der Waals surface area contributed by atoms with Crippen LogP contribution in [-0.4, -0.2) is 4.98 Å². The van der Waals surface area contributed by atoms with Gasteiger partial charge in [-0.2, -0.15) is 5.26 Å². The molecule has 0 amide bonds. The average Bonchev–Trinajstić information content (AvgIpc) is 2.18. The summed E-state index contributed by atoms with van der Waals surface area (Å²) < 4.78 is 0. The Morgan fingerprint density at radius 2 is 2.36 bits per heavy atom. The maximum atomic E-state index is 8.64. The van der Waals surface area contributed by atoms with Gasteiger partial charge in [-0.3, -0.25) is 4.98 Å². The molecule has 0 N–H and O–H groups in total. The van der Waals surface area contributed by atoms with Crippen molar-refractivity contribution in [1.29, 1.82) is 5.26 Å². The topological polar surface area (TPSA) is 36.7 Å². The van der Waals surface area contributed by atoms with E-state index in [9.17, 15) is 0 Å². The molecule has 14 heavy (non-hydrogen) atoms. The SMILES string of the molecule is C/C(S)=C/C=C/c1cncc(C#N)c1. The second-order valence-corrected chi connectivity index (χ2v) is 3.49. The van der Waals surface area contributed by atoms with E-state index in [0.29, 0.717) is 5.56 Å². The smallest absolute Gasteiger partial charge is 0.101 e. The molecule has 0 fully saturated rings. The van der Waals surface area contributed by atoms with Crippen LogP contribution in [0.25, 0.3) is 6.08 Å². The molecule has 0 aliphatic rings. The molecule has 0 atom stereocenters. The molecule has 3 heteroatoms. The first kappa shape index (κ1) is 10.6. The number of aromatic nitrogens is 1. The number of nitriles is 1. The van der Waals surface area contributed by atoms with Gasteiger partial charge in [-0.15, -0.1) is 12.6 Å². The molecule has 1 rings (SSSR count). The zero-order valence-corrected chi connectivity index (χ0v) is 8.70. The minimum absolute atomic E-state index is 0.568. The minimum Gasteiger partial charge on any atom is -0.263 e. The van der Waals surface area contributed by atoms with Crippen LogP contribution < -0.4 is 0 Å². The third kappa shape index (κ3) is 3.46. The highest BCUT2D eigenvalue weighted by Gasteiger charge is 1.90. The van der Waals surface area contributed by atoms with Crippen LogP contribution in [0.2, 0.25) is 0 Å². The Hall–Kier alpha value is -1.53. The van der Waals surface area contributed by atoms with Gasteiger partial charge in [0.2, 0.25) is 0 Å². The summed E-state index contributed by atoms with van der Waals surface area (Å²) in [5.74, 6) is 0. The van der Waals surface area contributed by atoms with Crippen molar-refractivity contribution >= 4 is 18.7 Å². The fourth-order valence-corrected chi connectivity index (χ4v) is 0.995. The number of rotatable bonds is 2. The summed E-state index contributed by atoms with van der Waals surface area (Å²) >= 11 is 4.13. The third-order valence-electron chi connectivity index (χ3n) is 1.51. The normalized spacial score (nSPS) is 11.6. The lowest BCUT2D eigenvalue weighted by Crippen LogP contribution is -1.79. The highest BCUT2D eigenvalue weighted by Crippen LogP contribution is 2.05. The molecule has 0 saturated carbocycles. The van der Waals surface area contributed by atoms with Gasteiger partial charge in [0.1, 0.15) is 6.07 Å². The van der Waals surface area contributed by atoms with Crippen molar-refractivity contribution in [3.63, 3.8) is 0 Å². The van der Waals surface area contributed by atoms with Crippen molar-refractivity contribution in [2.75, 3.05) is 0 Å². The fourth-order valence-electron chi connectivity index (χ4n) is 0.908. The summed E-state index contributed by atoms with van der Waals surface area (Å²) in [7, 11) is 0. The van der Waals surface area contributed by atoms with E-state index in [1.54, 1.807) is 12.3 Å². The number of hydrogen-bond donors (Lipinski definition) is 1. The molecule has 1 heterocycles. The predicted octanol–water partition coefficient (Wildman–Crippen LogP) is 2.80. The van der Waals surface area contributed by atoms with E-state index in [0.717, 1.165) is 10.5 Å². The van der Waals surface area contributed by atoms with E-state index < -0.39 is 0 Å². The Balaban J connectivity index is 2.83. The molecular weight excluding hydrogens is 192 g/mol. The summed E-state index contributed by atoms with van der Waals surface area (Å²) in [6.45, 7) is 1.90. The summed E-state index contributed by atoms with van der Waals surface area (Å²) in [4.78, 5) is 4.88.